The van der Waals surface area contributed by atoms with Gasteiger partial charge in [0.1, 0.15) is 0 Å². The predicted octanol–water partition coefficient (Wildman–Crippen LogP) is 2.05. The second kappa shape index (κ2) is 5.54. The number of sulfonamides is 1. The van der Waals surface area contributed by atoms with Gasteiger partial charge in [-0.2, -0.15) is 5.10 Å². The molecule has 0 aliphatic rings. The van der Waals surface area contributed by atoms with Crippen LogP contribution in [0, 0.1) is 6.92 Å². The van der Waals surface area contributed by atoms with E-state index in [1.54, 1.807) is 19.1 Å². The third kappa shape index (κ3) is 3.11. The minimum Gasteiger partial charge on any atom is -0.399 e. The van der Waals surface area contributed by atoms with Crippen LogP contribution in [0.25, 0.3) is 0 Å². The molecule has 2 aromatic rings. The van der Waals surface area contributed by atoms with Crippen molar-refractivity contribution in [2.45, 2.75) is 31.6 Å². The third-order valence-electron chi connectivity index (χ3n) is 2.94. The van der Waals surface area contributed by atoms with Crippen LogP contribution in [0.3, 0.4) is 0 Å². The average Bonchev–Trinajstić information content (AvgIpc) is 2.79. The molecule has 0 fully saturated rings. The summed E-state index contributed by atoms with van der Waals surface area (Å²) in [6.45, 7) is 3.81. The second-order valence-electron chi connectivity index (χ2n) is 4.65. The Bertz CT molecular complexity index is 707. The molecule has 1 aromatic carbocycles. The van der Waals surface area contributed by atoms with E-state index in [0.717, 1.165) is 24.1 Å². The lowest BCUT2D eigenvalue weighted by molar-refractivity contribution is 0.601. The maximum atomic E-state index is 12.2. The monoisotopic (exact) mass is 294 g/mol. The van der Waals surface area contributed by atoms with Gasteiger partial charge in [-0.25, -0.2) is 8.42 Å². The van der Waals surface area contributed by atoms with Crippen molar-refractivity contribution in [3.8, 4) is 0 Å². The highest BCUT2D eigenvalue weighted by Crippen LogP contribution is 2.19. The number of aromatic nitrogens is 2. The third-order valence-corrected chi connectivity index (χ3v) is 4.29. The van der Waals surface area contributed by atoms with Crippen molar-refractivity contribution in [1.82, 2.24) is 10.2 Å². The molecule has 1 aromatic heterocycles. The summed E-state index contributed by atoms with van der Waals surface area (Å²) in [7, 11) is -3.64. The maximum Gasteiger partial charge on any atom is 0.263 e. The lowest BCUT2D eigenvalue weighted by Gasteiger charge is -2.07. The molecule has 0 spiro atoms. The van der Waals surface area contributed by atoms with E-state index >= 15 is 0 Å². The Kier molecular flexibility index (Phi) is 3.99. The molecule has 2 rings (SSSR count). The van der Waals surface area contributed by atoms with Crippen molar-refractivity contribution in [2.24, 2.45) is 0 Å². The number of aromatic amines is 1. The summed E-state index contributed by atoms with van der Waals surface area (Å²) in [5, 5.41) is 6.75. The highest BCUT2D eigenvalue weighted by molar-refractivity contribution is 7.92. The molecule has 0 saturated carbocycles. The minimum atomic E-state index is -3.64. The van der Waals surface area contributed by atoms with Crippen molar-refractivity contribution in [2.75, 3.05) is 10.5 Å². The Morgan fingerprint density at radius 3 is 2.75 bits per heavy atom. The predicted molar refractivity (Wildman–Crippen MR) is 79.0 cm³/mol. The average molecular weight is 294 g/mol. The van der Waals surface area contributed by atoms with Gasteiger partial charge in [-0.3, -0.25) is 9.82 Å². The molecule has 0 unspecified atom stereocenters. The van der Waals surface area contributed by atoms with E-state index < -0.39 is 10.0 Å². The van der Waals surface area contributed by atoms with Crippen molar-refractivity contribution in [1.29, 1.82) is 0 Å². The number of aryl methyl sites for hydroxylation is 2. The van der Waals surface area contributed by atoms with Gasteiger partial charge in [0.15, 0.2) is 5.82 Å². The van der Waals surface area contributed by atoms with Crippen LogP contribution in [-0.4, -0.2) is 18.6 Å². The number of nitrogens with one attached hydrogen (secondary N) is 2. The van der Waals surface area contributed by atoms with E-state index in [4.69, 9.17) is 5.73 Å². The Morgan fingerprint density at radius 1 is 1.35 bits per heavy atom. The Labute approximate surface area is 118 Å². The van der Waals surface area contributed by atoms with Crippen molar-refractivity contribution in [3.63, 3.8) is 0 Å². The van der Waals surface area contributed by atoms with E-state index in [0.29, 0.717) is 11.5 Å². The summed E-state index contributed by atoms with van der Waals surface area (Å²) in [4.78, 5) is 0.171. The van der Waals surface area contributed by atoms with Crippen LogP contribution in [0.5, 0.6) is 0 Å². The minimum absolute atomic E-state index is 0.171. The second-order valence-corrected chi connectivity index (χ2v) is 6.33. The van der Waals surface area contributed by atoms with Crippen LogP contribution in [0.15, 0.2) is 29.2 Å². The lowest BCUT2D eigenvalue weighted by Crippen LogP contribution is -2.13. The smallest absolute Gasteiger partial charge is 0.263 e. The number of H-pyrrole nitrogens is 1. The van der Waals surface area contributed by atoms with E-state index in [-0.39, 0.29) is 4.90 Å². The Morgan fingerprint density at radius 2 is 2.10 bits per heavy atom. The summed E-state index contributed by atoms with van der Waals surface area (Å²) in [5.74, 6) is 0.294. The maximum absolute atomic E-state index is 12.2. The van der Waals surface area contributed by atoms with Crippen LogP contribution < -0.4 is 10.5 Å². The van der Waals surface area contributed by atoms with Crippen LogP contribution in [0.2, 0.25) is 0 Å². The molecule has 0 radical (unpaired) electrons. The summed E-state index contributed by atoms with van der Waals surface area (Å²) >= 11 is 0. The van der Waals surface area contributed by atoms with Gasteiger partial charge < -0.3 is 5.73 Å². The van der Waals surface area contributed by atoms with E-state index in [1.165, 1.54) is 12.1 Å². The van der Waals surface area contributed by atoms with Gasteiger partial charge in [-0.05, 0) is 37.1 Å². The summed E-state index contributed by atoms with van der Waals surface area (Å²) < 4.78 is 26.9. The molecule has 6 nitrogen and oxygen atoms in total. The van der Waals surface area contributed by atoms with Crippen molar-refractivity contribution in [3.05, 3.63) is 35.5 Å². The first kappa shape index (κ1) is 14.4. The molecule has 1 heterocycles. The zero-order chi connectivity index (χ0) is 14.8. The number of benzene rings is 1. The molecule has 108 valence electrons. The van der Waals surface area contributed by atoms with E-state index in [2.05, 4.69) is 14.9 Å². The van der Waals surface area contributed by atoms with Crippen LogP contribution in [0.1, 0.15) is 24.6 Å². The molecule has 4 N–H and O–H groups in total. The molecule has 0 bridgehead atoms. The van der Waals surface area contributed by atoms with Gasteiger partial charge in [-0.1, -0.05) is 13.3 Å². The topological polar surface area (TPSA) is 101 Å². The highest BCUT2D eigenvalue weighted by atomic mass is 32.2. The quantitative estimate of drug-likeness (QED) is 0.735. The normalized spacial score (nSPS) is 11.5. The van der Waals surface area contributed by atoms with Crippen molar-refractivity contribution < 1.29 is 8.42 Å². The molecule has 0 atom stereocenters. The summed E-state index contributed by atoms with van der Waals surface area (Å²) in [6, 6.07) is 6.30. The molecule has 0 aliphatic carbocycles. The standard InChI is InChI=1S/C13H18N4O2S/c1-3-4-10-8-13(16-15-10)17-20(18,19)11-5-6-12(14)9(2)7-11/h5-8H,3-4,14H2,1-2H3,(H2,15,16,17). The van der Waals surface area contributed by atoms with Crippen LogP contribution in [0.4, 0.5) is 11.5 Å². The largest absolute Gasteiger partial charge is 0.399 e. The number of nitrogen functional groups attached to an aromatic ring is 1. The number of nitrogens with zero attached hydrogens (tertiary/aromatic N) is 1. The zero-order valence-corrected chi connectivity index (χ0v) is 12.3. The number of anilines is 2. The first-order valence-electron chi connectivity index (χ1n) is 6.35. The van der Waals surface area contributed by atoms with Gasteiger partial charge in [0, 0.05) is 17.4 Å². The van der Waals surface area contributed by atoms with E-state index in [9.17, 15) is 8.42 Å². The highest BCUT2D eigenvalue weighted by Gasteiger charge is 2.16. The lowest BCUT2D eigenvalue weighted by atomic mass is 10.2. The fraction of sp³-hybridized carbons (Fsp3) is 0.308. The Hall–Kier alpha value is -2.02. The molecule has 0 aliphatic heterocycles. The summed E-state index contributed by atoms with van der Waals surface area (Å²) in [5.41, 5.74) is 7.88. The first-order chi connectivity index (χ1) is 9.42. The molecular formula is C13H18N4O2S. The first-order valence-corrected chi connectivity index (χ1v) is 7.84. The molecule has 20 heavy (non-hydrogen) atoms. The Balaban J connectivity index is 2.23. The van der Waals surface area contributed by atoms with E-state index in [1.807, 2.05) is 6.92 Å². The van der Waals surface area contributed by atoms with Gasteiger partial charge in [0.05, 0.1) is 4.90 Å². The number of hydrogen-bond acceptors (Lipinski definition) is 4. The summed E-state index contributed by atoms with van der Waals surface area (Å²) in [6.07, 6.45) is 1.79. The van der Waals surface area contributed by atoms with Crippen molar-refractivity contribution >= 4 is 21.5 Å². The van der Waals surface area contributed by atoms with Gasteiger partial charge >= 0.3 is 0 Å². The fourth-order valence-electron chi connectivity index (χ4n) is 1.82. The molecular weight excluding hydrogens is 276 g/mol. The number of hydrogen-bond donors (Lipinski definition) is 3. The molecule has 7 heteroatoms. The fourth-order valence-corrected chi connectivity index (χ4v) is 2.90. The zero-order valence-electron chi connectivity index (χ0n) is 11.5. The number of nitrogens with two attached hydrogens (primary N) is 1. The van der Waals surface area contributed by atoms with Gasteiger partial charge in [0.2, 0.25) is 0 Å². The van der Waals surface area contributed by atoms with Crippen LogP contribution >= 0.6 is 0 Å². The molecule has 0 saturated heterocycles. The number of rotatable bonds is 5. The van der Waals surface area contributed by atoms with Gasteiger partial charge in [-0.15, -0.1) is 0 Å². The van der Waals surface area contributed by atoms with Crippen LogP contribution in [-0.2, 0) is 16.4 Å². The van der Waals surface area contributed by atoms with Gasteiger partial charge in [0.25, 0.3) is 10.0 Å². The molecule has 0 amide bonds. The SMILES string of the molecule is CCCc1cc(NS(=O)(=O)c2ccc(N)c(C)c2)n[nH]1.